The van der Waals surface area contributed by atoms with E-state index in [1.165, 1.54) is 19.3 Å². The predicted octanol–water partition coefficient (Wildman–Crippen LogP) is 3.50. The van der Waals surface area contributed by atoms with Crippen molar-refractivity contribution in [1.29, 1.82) is 5.26 Å². The molecular formula is C17H30N2O. The van der Waals surface area contributed by atoms with E-state index >= 15 is 0 Å². The Morgan fingerprint density at radius 1 is 1.45 bits per heavy atom. The van der Waals surface area contributed by atoms with Crippen LogP contribution in [0.2, 0.25) is 0 Å². The number of nitrogens with one attached hydrogen (secondary N) is 1. The minimum atomic E-state index is -0.493. The Labute approximate surface area is 124 Å². The van der Waals surface area contributed by atoms with Crippen molar-refractivity contribution in [2.75, 3.05) is 7.05 Å². The largest absolute Gasteiger partial charge is 0.375 e. The highest BCUT2D eigenvalue weighted by Crippen LogP contribution is 2.66. The van der Waals surface area contributed by atoms with E-state index in [9.17, 15) is 5.26 Å². The van der Waals surface area contributed by atoms with Crippen molar-refractivity contribution in [3.8, 4) is 6.07 Å². The van der Waals surface area contributed by atoms with Crippen molar-refractivity contribution in [2.45, 2.75) is 78.0 Å². The van der Waals surface area contributed by atoms with Gasteiger partial charge < -0.3 is 10.1 Å². The quantitative estimate of drug-likeness (QED) is 0.837. The predicted molar refractivity (Wildman–Crippen MR) is 81.3 cm³/mol. The molecule has 2 saturated carbocycles. The van der Waals surface area contributed by atoms with E-state index in [-0.39, 0.29) is 6.10 Å². The van der Waals surface area contributed by atoms with Gasteiger partial charge in [-0.3, -0.25) is 0 Å². The Bertz CT molecular complexity index is 414. The first-order chi connectivity index (χ1) is 9.18. The summed E-state index contributed by atoms with van der Waals surface area (Å²) in [5.74, 6) is 0.802. The van der Waals surface area contributed by atoms with Crippen LogP contribution in [0.1, 0.15) is 60.3 Å². The van der Waals surface area contributed by atoms with Gasteiger partial charge in [0.25, 0.3) is 0 Å². The van der Waals surface area contributed by atoms with Gasteiger partial charge in [0.2, 0.25) is 0 Å². The second-order valence-corrected chi connectivity index (χ2v) is 7.94. The van der Waals surface area contributed by atoms with Gasteiger partial charge in [0, 0.05) is 6.42 Å². The number of ether oxygens (including phenoxy) is 1. The minimum absolute atomic E-state index is 0.115. The molecule has 5 unspecified atom stereocenters. The molecule has 0 spiro atoms. The lowest BCUT2D eigenvalue weighted by Crippen LogP contribution is -2.44. The molecule has 0 saturated heterocycles. The van der Waals surface area contributed by atoms with Gasteiger partial charge in [-0.25, -0.2) is 0 Å². The van der Waals surface area contributed by atoms with Crippen LogP contribution in [-0.4, -0.2) is 24.8 Å². The molecule has 0 aliphatic heterocycles. The third kappa shape index (κ3) is 2.27. The Hall–Kier alpha value is -0.590. The third-order valence-electron chi connectivity index (χ3n) is 6.60. The number of hydrogen-bond acceptors (Lipinski definition) is 3. The van der Waals surface area contributed by atoms with E-state index in [1.807, 2.05) is 14.0 Å². The van der Waals surface area contributed by atoms with E-state index < -0.39 is 5.54 Å². The first-order valence-electron chi connectivity index (χ1n) is 7.94. The van der Waals surface area contributed by atoms with Crippen LogP contribution in [0.15, 0.2) is 0 Å². The fourth-order valence-electron chi connectivity index (χ4n) is 4.44. The summed E-state index contributed by atoms with van der Waals surface area (Å²) in [5.41, 5.74) is 0.195. The molecule has 3 heteroatoms. The molecular weight excluding hydrogens is 248 g/mol. The molecule has 114 valence electrons. The summed E-state index contributed by atoms with van der Waals surface area (Å²) in [7, 11) is 1.85. The van der Waals surface area contributed by atoms with Crippen LogP contribution in [0.3, 0.4) is 0 Å². The highest BCUT2D eigenvalue weighted by atomic mass is 16.5. The van der Waals surface area contributed by atoms with Crippen LogP contribution < -0.4 is 5.32 Å². The third-order valence-corrected chi connectivity index (χ3v) is 6.60. The Kier molecular flexibility index (Phi) is 3.95. The maximum absolute atomic E-state index is 9.27. The fraction of sp³-hybridized carbons (Fsp3) is 0.941. The monoisotopic (exact) mass is 278 g/mol. The summed E-state index contributed by atoms with van der Waals surface area (Å²) < 4.78 is 6.39. The van der Waals surface area contributed by atoms with Crippen molar-refractivity contribution in [3.63, 3.8) is 0 Å². The molecule has 2 aliphatic rings. The highest BCUT2D eigenvalue weighted by molar-refractivity contribution is 5.11. The Morgan fingerprint density at radius 2 is 2.10 bits per heavy atom. The Morgan fingerprint density at radius 3 is 2.50 bits per heavy atom. The number of nitrogens with zero attached hydrogens (tertiary/aromatic N) is 1. The lowest BCUT2D eigenvalue weighted by atomic mass is 9.70. The van der Waals surface area contributed by atoms with Crippen LogP contribution in [0, 0.1) is 28.1 Å². The zero-order valence-corrected chi connectivity index (χ0v) is 13.9. The molecule has 0 radical (unpaired) electrons. The van der Waals surface area contributed by atoms with Gasteiger partial charge in [-0.2, -0.15) is 5.26 Å². The topological polar surface area (TPSA) is 45.0 Å². The van der Waals surface area contributed by atoms with Gasteiger partial charge in [-0.15, -0.1) is 0 Å². The van der Waals surface area contributed by atoms with Crippen LogP contribution in [0.5, 0.6) is 0 Å². The molecule has 1 N–H and O–H groups in total. The maximum atomic E-state index is 9.27. The zero-order chi connectivity index (χ0) is 15.2. The van der Waals surface area contributed by atoms with E-state index in [2.05, 4.69) is 39.1 Å². The lowest BCUT2D eigenvalue weighted by Gasteiger charge is -2.40. The lowest BCUT2D eigenvalue weighted by molar-refractivity contribution is -0.0862. The molecule has 0 aromatic rings. The number of fused-ring (bicyclic) bond motifs is 2. The van der Waals surface area contributed by atoms with Crippen molar-refractivity contribution in [3.05, 3.63) is 0 Å². The molecule has 0 aromatic carbocycles. The summed E-state index contributed by atoms with van der Waals surface area (Å²) in [6.45, 7) is 11.3. The second kappa shape index (κ2) is 5.00. The molecule has 0 aromatic heterocycles. The van der Waals surface area contributed by atoms with Crippen LogP contribution >= 0.6 is 0 Å². The SMILES string of the molecule is CNC(C)(C#N)CC(C)OC1CC2CCC1(C)C2(C)C. The maximum Gasteiger partial charge on any atom is 0.106 e. The average molecular weight is 278 g/mol. The average Bonchev–Trinajstić information content (AvgIpc) is 2.71. The molecule has 0 amide bonds. The number of hydrogen-bond donors (Lipinski definition) is 1. The first kappa shape index (κ1) is 15.8. The first-order valence-corrected chi connectivity index (χ1v) is 7.94. The molecule has 2 bridgehead atoms. The number of rotatable bonds is 5. The van der Waals surface area contributed by atoms with E-state index in [0.29, 0.717) is 16.9 Å². The summed E-state index contributed by atoms with van der Waals surface area (Å²) in [4.78, 5) is 0. The van der Waals surface area contributed by atoms with Crippen molar-refractivity contribution < 1.29 is 4.74 Å². The minimum Gasteiger partial charge on any atom is -0.375 e. The zero-order valence-electron chi connectivity index (χ0n) is 13.9. The van der Waals surface area contributed by atoms with Crippen molar-refractivity contribution in [1.82, 2.24) is 5.32 Å². The van der Waals surface area contributed by atoms with Crippen LogP contribution in [0.4, 0.5) is 0 Å². The summed E-state index contributed by atoms with van der Waals surface area (Å²) >= 11 is 0. The van der Waals surface area contributed by atoms with Gasteiger partial charge in [0.05, 0.1) is 18.3 Å². The molecule has 3 nitrogen and oxygen atoms in total. The van der Waals surface area contributed by atoms with Crippen LogP contribution in [0.25, 0.3) is 0 Å². The van der Waals surface area contributed by atoms with E-state index in [0.717, 1.165) is 12.3 Å². The van der Waals surface area contributed by atoms with Gasteiger partial charge in [-0.05, 0) is 56.9 Å². The van der Waals surface area contributed by atoms with E-state index in [1.54, 1.807) is 0 Å². The Balaban J connectivity index is 2.01. The number of nitriles is 1. The molecule has 5 atom stereocenters. The van der Waals surface area contributed by atoms with Gasteiger partial charge in [0.1, 0.15) is 5.54 Å². The second-order valence-electron chi connectivity index (χ2n) is 7.94. The normalized spacial score (nSPS) is 39.2. The fourth-order valence-corrected chi connectivity index (χ4v) is 4.44. The summed E-state index contributed by atoms with van der Waals surface area (Å²) in [6, 6.07) is 2.35. The molecule has 2 aliphatic carbocycles. The molecule has 20 heavy (non-hydrogen) atoms. The molecule has 2 fully saturated rings. The van der Waals surface area contributed by atoms with Gasteiger partial charge >= 0.3 is 0 Å². The molecule has 0 heterocycles. The molecule has 2 rings (SSSR count). The highest BCUT2D eigenvalue weighted by Gasteiger charge is 2.62. The van der Waals surface area contributed by atoms with Gasteiger partial charge in [-0.1, -0.05) is 20.8 Å². The smallest absolute Gasteiger partial charge is 0.106 e. The summed E-state index contributed by atoms with van der Waals surface area (Å²) in [6.07, 6.45) is 5.03. The van der Waals surface area contributed by atoms with Crippen molar-refractivity contribution >= 4 is 0 Å². The standard InChI is InChI=1S/C17H30N2O/c1-12(10-16(4,11-18)19-6)20-14-9-13-7-8-17(14,5)15(13,2)3/h12-14,19H,7-10H2,1-6H3. The summed E-state index contributed by atoms with van der Waals surface area (Å²) in [5, 5.41) is 12.4. The van der Waals surface area contributed by atoms with Gasteiger partial charge in [0.15, 0.2) is 0 Å². The van der Waals surface area contributed by atoms with Crippen molar-refractivity contribution in [2.24, 2.45) is 16.7 Å². The van der Waals surface area contributed by atoms with Crippen LogP contribution in [-0.2, 0) is 4.74 Å². The van der Waals surface area contributed by atoms with E-state index in [4.69, 9.17) is 4.74 Å².